The van der Waals surface area contributed by atoms with Gasteiger partial charge in [0.25, 0.3) is 0 Å². The van der Waals surface area contributed by atoms with E-state index in [1.807, 2.05) is 12.2 Å². The van der Waals surface area contributed by atoms with Gasteiger partial charge in [0.2, 0.25) is 0 Å². The third-order valence-corrected chi connectivity index (χ3v) is 2.65. The Bertz CT molecular complexity index is 107. The topological polar surface area (TPSA) is 0 Å². The molecule has 1 unspecified atom stereocenters. The molecule has 0 radical (unpaired) electrons. The lowest BCUT2D eigenvalue weighted by atomic mass is 10.0. The molecule has 0 heterocycles. The third-order valence-electron chi connectivity index (χ3n) is 1.74. The molecule has 0 fully saturated rings. The highest BCUT2D eigenvalue weighted by Gasteiger charge is 2.02. The average Bonchev–Trinajstić information content (AvgIpc) is 2.03. The van der Waals surface area contributed by atoms with E-state index < -0.39 is 0 Å². The van der Waals surface area contributed by atoms with Gasteiger partial charge in [-0.2, -0.15) is 0 Å². The van der Waals surface area contributed by atoms with Crippen molar-refractivity contribution in [1.29, 1.82) is 0 Å². The van der Waals surface area contributed by atoms with Crippen molar-refractivity contribution in [2.45, 2.75) is 25.7 Å². The normalized spacial score (nSPS) is 12.5. The van der Waals surface area contributed by atoms with Crippen LogP contribution in [-0.4, -0.2) is 5.33 Å². The maximum Gasteiger partial charge on any atom is 0.00626 e. The molecular formula is C10H17Br. The predicted octanol–water partition coefficient (Wildman–Crippen LogP) is 3.93. The summed E-state index contributed by atoms with van der Waals surface area (Å²) in [6.45, 7) is 7.43. The molecule has 0 amide bonds. The summed E-state index contributed by atoms with van der Waals surface area (Å²) in [4.78, 5) is 0. The van der Waals surface area contributed by atoms with Crippen molar-refractivity contribution in [1.82, 2.24) is 0 Å². The van der Waals surface area contributed by atoms with E-state index in [1.54, 1.807) is 0 Å². The molecule has 0 aliphatic heterocycles. The number of unbranched alkanes of at least 4 members (excludes halogenated alkanes) is 1. The van der Waals surface area contributed by atoms with Crippen molar-refractivity contribution in [3.63, 3.8) is 0 Å². The summed E-state index contributed by atoms with van der Waals surface area (Å²) in [7, 11) is 0. The molecule has 11 heavy (non-hydrogen) atoms. The zero-order valence-electron chi connectivity index (χ0n) is 7.06. The van der Waals surface area contributed by atoms with Crippen molar-refractivity contribution in [2.24, 2.45) is 5.92 Å². The first-order chi connectivity index (χ1) is 5.35. The Hall–Kier alpha value is -0.0400. The van der Waals surface area contributed by atoms with E-state index in [0.717, 1.165) is 24.1 Å². The summed E-state index contributed by atoms with van der Waals surface area (Å²) in [6.07, 6.45) is 8.79. The van der Waals surface area contributed by atoms with Crippen molar-refractivity contribution in [3.05, 3.63) is 25.3 Å². The Morgan fingerprint density at radius 1 is 1.27 bits per heavy atom. The molecule has 1 atom stereocenters. The molecule has 0 bridgehead atoms. The fraction of sp³-hybridized carbons (Fsp3) is 0.600. The Labute approximate surface area is 78.5 Å². The van der Waals surface area contributed by atoms with E-state index in [-0.39, 0.29) is 0 Å². The first kappa shape index (κ1) is 11.0. The van der Waals surface area contributed by atoms with Crippen molar-refractivity contribution in [3.8, 4) is 0 Å². The Morgan fingerprint density at radius 3 is 2.45 bits per heavy atom. The molecule has 0 aromatic carbocycles. The Balaban J connectivity index is 3.34. The van der Waals surface area contributed by atoms with Crippen LogP contribution in [0.15, 0.2) is 25.3 Å². The lowest BCUT2D eigenvalue weighted by molar-refractivity contribution is 0.531. The van der Waals surface area contributed by atoms with E-state index in [4.69, 9.17) is 0 Å². The molecule has 0 nitrogen and oxygen atoms in total. The summed E-state index contributed by atoms with van der Waals surface area (Å²) >= 11 is 3.50. The average molecular weight is 217 g/mol. The largest absolute Gasteiger partial charge is 0.103 e. The van der Waals surface area contributed by atoms with E-state index in [9.17, 15) is 0 Å². The number of allylic oxidation sites excluding steroid dienone is 2. The van der Waals surface area contributed by atoms with Gasteiger partial charge in [0.15, 0.2) is 0 Å². The first-order valence-electron chi connectivity index (χ1n) is 4.12. The van der Waals surface area contributed by atoms with Crippen LogP contribution in [0.2, 0.25) is 0 Å². The summed E-state index contributed by atoms with van der Waals surface area (Å²) in [5.41, 5.74) is 0. The van der Waals surface area contributed by atoms with Crippen molar-refractivity contribution >= 4 is 15.9 Å². The molecule has 0 saturated carbocycles. The van der Waals surface area contributed by atoms with Crippen LogP contribution in [0.4, 0.5) is 0 Å². The minimum atomic E-state index is 0.771. The molecule has 0 spiro atoms. The molecule has 0 saturated heterocycles. The highest BCUT2D eigenvalue weighted by Crippen LogP contribution is 2.15. The number of rotatable bonds is 7. The second kappa shape index (κ2) is 8.06. The van der Waals surface area contributed by atoms with Gasteiger partial charge in [0, 0.05) is 5.33 Å². The fourth-order valence-electron chi connectivity index (χ4n) is 1.04. The van der Waals surface area contributed by atoms with Gasteiger partial charge in [-0.3, -0.25) is 0 Å². The smallest absolute Gasteiger partial charge is 0.00626 e. The molecule has 0 aliphatic rings. The SMILES string of the molecule is C=CCCCC(CBr)CC=C. The number of hydrogen-bond donors (Lipinski definition) is 0. The van der Waals surface area contributed by atoms with Crippen LogP contribution in [0.5, 0.6) is 0 Å². The van der Waals surface area contributed by atoms with Crippen molar-refractivity contribution in [2.75, 3.05) is 5.33 Å². The monoisotopic (exact) mass is 216 g/mol. The van der Waals surface area contributed by atoms with E-state index >= 15 is 0 Å². The van der Waals surface area contributed by atoms with Crippen LogP contribution in [0.1, 0.15) is 25.7 Å². The van der Waals surface area contributed by atoms with E-state index in [1.165, 1.54) is 12.8 Å². The second-order valence-electron chi connectivity index (χ2n) is 2.76. The zero-order chi connectivity index (χ0) is 8.53. The van der Waals surface area contributed by atoms with Crippen LogP contribution in [0, 0.1) is 5.92 Å². The molecule has 0 aromatic rings. The quantitative estimate of drug-likeness (QED) is 0.344. The molecule has 0 aliphatic carbocycles. The van der Waals surface area contributed by atoms with Gasteiger partial charge in [0.1, 0.15) is 0 Å². The summed E-state index contributed by atoms with van der Waals surface area (Å²) in [6, 6.07) is 0. The molecule has 64 valence electrons. The minimum absolute atomic E-state index is 0.771. The Kier molecular flexibility index (Phi) is 8.03. The summed E-state index contributed by atoms with van der Waals surface area (Å²) < 4.78 is 0. The van der Waals surface area contributed by atoms with Gasteiger partial charge in [-0.15, -0.1) is 13.2 Å². The van der Waals surface area contributed by atoms with E-state index in [0.29, 0.717) is 0 Å². The maximum absolute atomic E-state index is 3.74. The predicted molar refractivity (Wildman–Crippen MR) is 56.1 cm³/mol. The number of hydrogen-bond acceptors (Lipinski definition) is 0. The van der Waals surface area contributed by atoms with Crippen LogP contribution >= 0.6 is 15.9 Å². The first-order valence-corrected chi connectivity index (χ1v) is 5.25. The molecule has 1 heteroatoms. The molecule has 0 N–H and O–H groups in total. The van der Waals surface area contributed by atoms with Gasteiger partial charge in [-0.1, -0.05) is 28.1 Å². The van der Waals surface area contributed by atoms with Gasteiger partial charge >= 0.3 is 0 Å². The minimum Gasteiger partial charge on any atom is -0.103 e. The van der Waals surface area contributed by atoms with E-state index in [2.05, 4.69) is 29.1 Å². The van der Waals surface area contributed by atoms with Gasteiger partial charge in [-0.25, -0.2) is 0 Å². The molecule has 0 aromatic heterocycles. The lowest BCUT2D eigenvalue weighted by Crippen LogP contribution is -1.99. The number of halogens is 1. The standard InChI is InChI=1S/C10H17Br/c1-3-5-6-8-10(9-11)7-4-2/h3-4,10H,1-2,5-9H2. The lowest BCUT2D eigenvalue weighted by Gasteiger charge is -2.09. The van der Waals surface area contributed by atoms with Crippen LogP contribution < -0.4 is 0 Å². The van der Waals surface area contributed by atoms with Crippen molar-refractivity contribution < 1.29 is 0 Å². The van der Waals surface area contributed by atoms with Crippen LogP contribution in [0.3, 0.4) is 0 Å². The second-order valence-corrected chi connectivity index (χ2v) is 3.41. The van der Waals surface area contributed by atoms with Crippen LogP contribution in [0.25, 0.3) is 0 Å². The molecular weight excluding hydrogens is 200 g/mol. The maximum atomic E-state index is 3.74. The summed E-state index contributed by atoms with van der Waals surface area (Å²) in [5.74, 6) is 0.771. The highest BCUT2D eigenvalue weighted by atomic mass is 79.9. The van der Waals surface area contributed by atoms with Gasteiger partial charge < -0.3 is 0 Å². The number of alkyl halides is 1. The fourth-order valence-corrected chi connectivity index (χ4v) is 1.63. The van der Waals surface area contributed by atoms with Gasteiger partial charge in [0.05, 0.1) is 0 Å². The van der Waals surface area contributed by atoms with Gasteiger partial charge in [-0.05, 0) is 31.6 Å². The molecule has 0 rings (SSSR count). The van der Waals surface area contributed by atoms with Crippen LogP contribution in [-0.2, 0) is 0 Å². The highest BCUT2D eigenvalue weighted by molar-refractivity contribution is 9.09. The third kappa shape index (κ3) is 6.36. The zero-order valence-corrected chi connectivity index (χ0v) is 8.65. The Morgan fingerprint density at radius 2 is 2.00 bits per heavy atom. The summed E-state index contributed by atoms with van der Waals surface area (Å²) in [5, 5.41) is 1.09.